The van der Waals surface area contributed by atoms with Crippen molar-refractivity contribution in [2.75, 3.05) is 22.9 Å². The van der Waals surface area contributed by atoms with Gasteiger partial charge in [-0.2, -0.15) is 0 Å². The Bertz CT molecular complexity index is 1420. The van der Waals surface area contributed by atoms with Crippen LogP contribution in [0.1, 0.15) is 31.0 Å². The fourth-order valence-corrected chi connectivity index (χ4v) is 4.45. The topological polar surface area (TPSA) is 104 Å². The summed E-state index contributed by atoms with van der Waals surface area (Å²) in [7, 11) is 0. The smallest absolute Gasteiger partial charge is 0.300 e. The van der Waals surface area contributed by atoms with Crippen LogP contribution >= 0.6 is 0 Å². The van der Waals surface area contributed by atoms with Gasteiger partial charge in [0.05, 0.1) is 22.2 Å². The normalized spacial score (nSPS) is 16.8. The highest BCUT2D eigenvalue weighted by atomic mass is 19.1. The van der Waals surface area contributed by atoms with Gasteiger partial charge in [-0.05, 0) is 43.7 Å². The maximum atomic E-state index is 14.8. The molecule has 3 aromatic carbocycles. The Kier molecular flexibility index (Phi) is 7.01. The molecule has 1 heterocycles. The fourth-order valence-electron chi connectivity index (χ4n) is 4.45. The third kappa shape index (κ3) is 4.65. The highest BCUT2D eigenvalue weighted by Gasteiger charge is 2.48. The van der Waals surface area contributed by atoms with Crippen molar-refractivity contribution < 1.29 is 28.4 Å². The van der Waals surface area contributed by atoms with E-state index in [0.29, 0.717) is 5.56 Å². The standard InChI is InChI=1S/C27H23F2N3O5/c1-3-30(4-2)19-11-8-16(9-12-19)24-23(25(33)17-6-5-7-20(14-17)32(36)37)26(34)27(35)31(24)22-15-18(28)10-13-21(22)29/h5-15,24,33H,3-4H2,1-2H3/b25-23-. The van der Waals surface area contributed by atoms with Crippen molar-refractivity contribution in [3.8, 4) is 0 Å². The lowest BCUT2D eigenvalue weighted by molar-refractivity contribution is -0.384. The molecule has 1 saturated heterocycles. The zero-order valence-corrected chi connectivity index (χ0v) is 20.0. The number of carbonyl (C=O) groups excluding carboxylic acids is 2. The molecule has 1 atom stereocenters. The summed E-state index contributed by atoms with van der Waals surface area (Å²) in [6.07, 6.45) is 0. The van der Waals surface area contributed by atoms with Gasteiger partial charge >= 0.3 is 0 Å². The second-order valence-corrected chi connectivity index (χ2v) is 8.34. The predicted octanol–water partition coefficient (Wildman–Crippen LogP) is 5.35. The quantitative estimate of drug-likeness (QED) is 0.152. The van der Waals surface area contributed by atoms with Crippen molar-refractivity contribution in [3.05, 3.63) is 105 Å². The molecule has 0 aliphatic carbocycles. The Hall–Kier alpha value is -4.60. The second kappa shape index (κ2) is 10.2. The van der Waals surface area contributed by atoms with Crippen LogP contribution in [0.2, 0.25) is 0 Å². The molecular formula is C27H23F2N3O5. The molecule has 190 valence electrons. The minimum absolute atomic E-state index is 0.0725. The summed E-state index contributed by atoms with van der Waals surface area (Å²) in [4.78, 5) is 39.8. The number of anilines is 2. The summed E-state index contributed by atoms with van der Waals surface area (Å²) in [6.45, 7) is 5.43. The number of aliphatic hydroxyl groups excluding tert-OH is 1. The molecule has 0 aromatic heterocycles. The summed E-state index contributed by atoms with van der Waals surface area (Å²) in [5.41, 5.74) is -0.0684. The van der Waals surface area contributed by atoms with Crippen molar-refractivity contribution in [3.63, 3.8) is 0 Å². The highest BCUT2D eigenvalue weighted by molar-refractivity contribution is 6.51. The molecule has 10 heteroatoms. The molecule has 1 fully saturated rings. The van der Waals surface area contributed by atoms with Gasteiger partial charge in [0, 0.05) is 42.5 Å². The number of nitro benzene ring substituents is 1. The lowest BCUT2D eigenvalue weighted by Gasteiger charge is -2.27. The number of Topliss-reactive ketones (excluding diaryl/α,β-unsaturated/α-hetero) is 1. The van der Waals surface area contributed by atoms with Crippen molar-refractivity contribution in [1.29, 1.82) is 0 Å². The molecule has 1 N–H and O–H groups in total. The van der Waals surface area contributed by atoms with Crippen LogP contribution in [-0.4, -0.2) is 34.8 Å². The van der Waals surface area contributed by atoms with Gasteiger partial charge in [0.1, 0.15) is 17.4 Å². The molecule has 37 heavy (non-hydrogen) atoms. The lowest BCUT2D eigenvalue weighted by Crippen LogP contribution is -2.30. The van der Waals surface area contributed by atoms with Crippen molar-refractivity contribution in [1.82, 2.24) is 0 Å². The Balaban J connectivity index is 1.95. The van der Waals surface area contributed by atoms with E-state index >= 15 is 0 Å². The van der Waals surface area contributed by atoms with Gasteiger partial charge < -0.3 is 10.0 Å². The van der Waals surface area contributed by atoms with Crippen LogP contribution < -0.4 is 9.80 Å². The van der Waals surface area contributed by atoms with E-state index in [1.165, 1.54) is 18.2 Å². The van der Waals surface area contributed by atoms with E-state index in [0.717, 1.165) is 47.9 Å². The average molecular weight is 507 g/mol. The molecule has 0 saturated carbocycles. The van der Waals surface area contributed by atoms with Gasteiger partial charge in [-0.3, -0.25) is 24.6 Å². The van der Waals surface area contributed by atoms with Crippen LogP contribution in [0, 0.1) is 21.7 Å². The summed E-state index contributed by atoms with van der Waals surface area (Å²) in [6, 6.07) is 12.9. The summed E-state index contributed by atoms with van der Waals surface area (Å²) in [5.74, 6) is -4.74. The minimum atomic E-state index is -1.32. The number of aliphatic hydroxyl groups is 1. The third-order valence-corrected chi connectivity index (χ3v) is 6.28. The predicted molar refractivity (Wildman–Crippen MR) is 134 cm³/mol. The van der Waals surface area contributed by atoms with Crippen LogP contribution in [0.15, 0.2) is 72.3 Å². The van der Waals surface area contributed by atoms with Gasteiger partial charge in [-0.1, -0.05) is 24.3 Å². The Morgan fingerprint density at radius 1 is 1.03 bits per heavy atom. The molecule has 4 rings (SSSR count). The summed E-state index contributed by atoms with van der Waals surface area (Å²) in [5, 5.41) is 22.4. The van der Waals surface area contributed by atoms with E-state index in [2.05, 4.69) is 4.90 Å². The molecule has 3 aromatic rings. The highest BCUT2D eigenvalue weighted by Crippen LogP contribution is 2.43. The maximum absolute atomic E-state index is 14.8. The zero-order chi connectivity index (χ0) is 26.9. The fraction of sp³-hybridized carbons (Fsp3) is 0.185. The van der Waals surface area contributed by atoms with E-state index in [1.807, 2.05) is 13.8 Å². The van der Waals surface area contributed by atoms with Crippen LogP contribution in [-0.2, 0) is 9.59 Å². The number of hydrogen-bond acceptors (Lipinski definition) is 6. The molecule has 1 aliphatic rings. The van der Waals surface area contributed by atoms with E-state index in [-0.39, 0.29) is 11.3 Å². The number of halogens is 2. The van der Waals surface area contributed by atoms with Crippen LogP contribution in [0.5, 0.6) is 0 Å². The molecular weight excluding hydrogens is 484 g/mol. The first-order valence-corrected chi connectivity index (χ1v) is 11.5. The number of nitrogens with zero attached hydrogens (tertiary/aromatic N) is 3. The molecule has 0 bridgehead atoms. The minimum Gasteiger partial charge on any atom is -0.507 e. The van der Waals surface area contributed by atoms with Crippen LogP contribution in [0.25, 0.3) is 5.76 Å². The number of carbonyl (C=O) groups is 2. The van der Waals surface area contributed by atoms with Crippen molar-refractivity contribution in [2.45, 2.75) is 19.9 Å². The summed E-state index contributed by atoms with van der Waals surface area (Å²) >= 11 is 0. The Morgan fingerprint density at radius 3 is 2.32 bits per heavy atom. The largest absolute Gasteiger partial charge is 0.507 e. The number of amides is 1. The number of hydrogen-bond donors (Lipinski definition) is 1. The number of nitro groups is 1. The van der Waals surface area contributed by atoms with Gasteiger partial charge in [0.2, 0.25) is 0 Å². The second-order valence-electron chi connectivity index (χ2n) is 8.34. The first kappa shape index (κ1) is 25.5. The molecule has 8 nitrogen and oxygen atoms in total. The molecule has 1 aliphatic heterocycles. The van der Waals surface area contributed by atoms with Gasteiger partial charge in [0.15, 0.2) is 0 Å². The number of ketones is 1. The van der Waals surface area contributed by atoms with E-state index < -0.39 is 51.3 Å². The van der Waals surface area contributed by atoms with Crippen LogP contribution in [0.4, 0.5) is 25.8 Å². The Labute approximate surface area is 211 Å². The maximum Gasteiger partial charge on any atom is 0.300 e. The average Bonchev–Trinajstić information content (AvgIpc) is 3.16. The number of rotatable bonds is 7. The molecule has 1 unspecified atom stereocenters. The number of benzene rings is 3. The first-order valence-electron chi connectivity index (χ1n) is 11.5. The van der Waals surface area contributed by atoms with Crippen molar-refractivity contribution >= 4 is 34.5 Å². The lowest BCUT2D eigenvalue weighted by atomic mass is 9.94. The van der Waals surface area contributed by atoms with Crippen LogP contribution in [0.3, 0.4) is 0 Å². The molecule has 0 radical (unpaired) electrons. The van der Waals surface area contributed by atoms with E-state index in [4.69, 9.17) is 0 Å². The Morgan fingerprint density at radius 2 is 1.70 bits per heavy atom. The van der Waals surface area contributed by atoms with E-state index in [9.17, 15) is 33.6 Å². The monoisotopic (exact) mass is 507 g/mol. The molecule has 1 amide bonds. The van der Waals surface area contributed by atoms with Gasteiger partial charge in [0.25, 0.3) is 17.4 Å². The first-order chi connectivity index (χ1) is 17.7. The van der Waals surface area contributed by atoms with Gasteiger partial charge in [-0.25, -0.2) is 8.78 Å². The summed E-state index contributed by atoms with van der Waals surface area (Å²) < 4.78 is 28.9. The SMILES string of the molecule is CCN(CC)c1ccc(C2/C(=C(/O)c3cccc([N+](=O)[O-])c3)C(=O)C(=O)N2c2cc(F)ccc2F)cc1. The van der Waals surface area contributed by atoms with Crippen molar-refractivity contribution in [2.24, 2.45) is 0 Å². The van der Waals surface area contributed by atoms with Gasteiger partial charge in [-0.15, -0.1) is 0 Å². The zero-order valence-electron chi connectivity index (χ0n) is 20.0. The van der Waals surface area contributed by atoms with E-state index in [1.54, 1.807) is 24.3 Å². The molecule has 0 spiro atoms. The third-order valence-electron chi connectivity index (χ3n) is 6.28. The number of non-ortho nitro benzene ring substituents is 1.